The summed E-state index contributed by atoms with van der Waals surface area (Å²) in [4.78, 5) is 9.20. The van der Waals surface area contributed by atoms with Gasteiger partial charge in [-0.05, 0) is 42.5 Å². The molecule has 0 unspecified atom stereocenters. The number of nitrogens with zero attached hydrogens (tertiary/aromatic N) is 4. The molecule has 5 aromatic rings. The van der Waals surface area contributed by atoms with Crippen LogP contribution in [0.15, 0.2) is 85.1 Å². The monoisotopic (exact) mass is 400 g/mol. The number of hydrogen-bond donors (Lipinski definition) is 0. The van der Waals surface area contributed by atoms with Gasteiger partial charge in [-0.15, -0.1) is 0 Å². The van der Waals surface area contributed by atoms with E-state index in [0.717, 1.165) is 27.9 Å². The van der Waals surface area contributed by atoms with Crippen LogP contribution in [0, 0.1) is 5.82 Å². The van der Waals surface area contributed by atoms with E-state index in [0.29, 0.717) is 16.7 Å². The van der Waals surface area contributed by atoms with Crippen LogP contribution in [0.25, 0.3) is 39.4 Å². The summed E-state index contributed by atoms with van der Waals surface area (Å²) >= 11 is 6.38. The molecular formula is C23H14ClFN4. The lowest BCUT2D eigenvalue weighted by atomic mass is 10.0. The standard InChI is InChI=1S/C23H14ClFN4/c24-20-8-4-7-19-21(22(28-29(19)20)15-9-11-17(25)12-10-15)18-13-14-26-23(27-18)16-5-2-1-3-6-16/h1-14H. The predicted molar refractivity (Wildman–Crippen MR) is 112 cm³/mol. The quantitative estimate of drug-likeness (QED) is 0.353. The van der Waals surface area contributed by atoms with Crippen molar-refractivity contribution in [3.05, 3.63) is 96.0 Å². The molecule has 4 nitrogen and oxygen atoms in total. The van der Waals surface area contributed by atoms with Crippen LogP contribution >= 0.6 is 11.6 Å². The number of aromatic nitrogens is 4. The van der Waals surface area contributed by atoms with Gasteiger partial charge in [0, 0.05) is 17.3 Å². The van der Waals surface area contributed by atoms with E-state index in [4.69, 9.17) is 21.7 Å². The van der Waals surface area contributed by atoms with E-state index in [1.807, 2.05) is 48.5 Å². The third kappa shape index (κ3) is 3.15. The van der Waals surface area contributed by atoms with Gasteiger partial charge in [0.25, 0.3) is 0 Å². The van der Waals surface area contributed by atoms with Crippen LogP contribution in [0.4, 0.5) is 4.39 Å². The molecule has 2 aromatic carbocycles. The van der Waals surface area contributed by atoms with Crippen LogP contribution < -0.4 is 0 Å². The van der Waals surface area contributed by atoms with E-state index in [1.54, 1.807) is 28.9 Å². The molecule has 0 saturated heterocycles. The molecule has 3 heterocycles. The lowest BCUT2D eigenvalue weighted by Gasteiger charge is -2.06. The second kappa shape index (κ2) is 7.11. The fourth-order valence-electron chi connectivity index (χ4n) is 3.32. The normalized spacial score (nSPS) is 11.1. The minimum absolute atomic E-state index is 0.300. The van der Waals surface area contributed by atoms with E-state index in [-0.39, 0.29) is 5.82 Å². The molecule has 5 rings (SSSR count). The predicted octanol–water partition coefficient (Wildman–Crippen LogP) is 5.92. The van der Waals surface area contributed by atoms with Crippen molar-refractivity contribution >= 4 is 17.1 Å². The molecule has 0 spiro atoms. The highest BCUT2D eigenvalue weighted by atomic mass is 35.5. The van der Waals surface area contributed by atoms with Crippen molar-refractivity contribution in [2.45, 2.75) is 0 Å². The maximum Gasteiger partial charge on any atom is 0.159 e. The minimum atomic E-state index is -0.300. The van der Waals surface area contributed by atoms with Crippen molar-refractivity contribution in [1.82, 2.24) is 19.6 Å². The van der Waals surface area contributed by atoms with Crippen LogP contribution in [0.5, 0.6) is 0 Å². The van der Waals surface area contributed by atoms with E-state index < -0.39 is 0 Å². The van der Waals surface area contributed by atoms with Gasteiger partial charge in [0.2, 0.25) is 0 Å². The molecule has 0 amide bonds. The summed E-state index contributed by atoms with van der Waals surface area (Å²) < 4.78 is 15.1. The zero-order valence-corrected chi connectivity index (χ0v) is 15.9. The topological polar surface area (TPSA) is 43.1 Å². The van der Waals surface area contributed by atoms with Crippen molar-refractivity contribution in [3.8, 4) is 33.9 Å². The van der Waals surface area contributed by atoms with Gasteiger partial charge >= 0.3 is 0 Å². The molecule has 140 valence electrons. The Morgan fingerprint density at radius 3 is 2.38 bits per heavy atom. The van der Waals surface area contributed by atoms with Crippen LogP contribution in [0.3, 0.4) is 0 Å². The Bertz CT molecular complexity index is 1310. The first kappa shape index (κ1) is 17.5. The molecule has 3 aromatic heterocycles. The molecule has 0 bridgehead atoms. The molecule has 0 aliphatic heterocycles. The number of pyridine rings is 1. The molecule has 0 aliphatic rings. The lowest BCUT2D eigenvalue weighted by Crippen LogP contribution is -1.92. The summed E-state index contributed by atoms with van der Waals surface area (Å²) in [5.41, 5.74) is 4.73. The van der Waals surface area contributed by atoms with E-state index >= 15 is 0 Å². The van der Waals surface area contributed by atoms with E-state index in [1.165, 1.54) is 12.1 Å². The third-order valence-electron chi connectivity index (χ3n) is 4.67. The average Bonchev–Trinajstić information content (AvgIpc) is 3.16. The Balaban J connectivity index is 1.77. The molecule has 0 aliphatic carbocycles. The van der Waals surface area contributed by atoms with Gasteiger partial charge in [-0.1, -0.05) is 48.0 Å². The first-order valence-corrected chi connectivity index (χ1v) is 9.40. The molecule has 0 saturated carbocycles. The number of benzene rings is 2. The van der Waals surface area contributed by atoms with Gasteiger partial charge in [-0.3, -0.25) is 0 Å². The van der Waals surface area contributed by atoms with Gasteiger partial charge in [0.1, 0.15) is 16.7 Å². The largest absolute Gasteiger partial charge is 0.237 e. The summed E-state index contributed by atoms with van der Waals surface area (Å²) in [5.74, 6) is 0.319. The highest BCUT2D eigenvalue weighted by Crippen LogP contribution is 2.35. The Morgan fingerprint density at radius 1 is 0.793 bits per heavy atom. The van der Waals surface area contributed by atoms with Crippen molar-refractivity contribution in [3.63, 3.8) is 0 Å². The molecule has 6 heteroatoms. The number of halogens is 2. The van der Waals surface area contributed by atoms with Gasteiger partial charge in [-0.2, -0.15) is 5.10 Å². The molecule has 29 heavy (non-hydrogen) atoms. The van der Waals surface area contributed by atoms with Crippen molar-refractivity contribution in [1.29, 1.82) is 0 Å². The maximum atomic E-state index is 13.5. The summed E-state index contributed by atoms with van der Waals surface area (Å²) in [5, 5.41) is 5.17. The van der Waals surface area contributed by atoms with Crippen molar-refractivity contribution in [2.75, 3.05) is 0 Å². The highest BCUT2D eigenvalue weighted by molar-refractivity contribution is 6.29. The number of hydrogen-bond acceptors (Lipinski definition) is 3. The molecule has 0 fully saturated rings. The van der Waals surface area contributed by atoms with Gasteiger partial charge in [0.15, 0.2) is 5.82 Å². The molecule has 0 N–H and O–H groups in total. The average molecular weight is 401 g/mol. The van der Waals surface area contributed by atoms with Crippen molar-refractivity contribution < 1.29 is 4.39 Å². The highest BCUT2D eigenvalue weighted by Gasteiger charge is 2.19. The lowest BCUT2D eigenvalue weighted by molar-refractivity contribution is 0.628. The fourth-order valence-corrected chi connectivity index (χ4v) is 3.53. The summed E-state index contributed by atoms with van der Waals surface area (Å²) in [6.07, 6.45) is 1.73. The molecule has 0 atom stereocenters. The zero-order valence-electron chi connectivity index (χ0n) is 15.1. The summed E-state index contributed by atoms with van der Waals surface area (Å²) in [6.45, 7) is 0. The minimum Gasteiger partial charge on any atom is -0.237 e. The van der Waals surface area contributed by atoms with Crippen molar-refractivity contribution in [2.24, 2.45) is 0 Å². The van der Waals surface area contributed by atoms with Gasteiger partial charge in [-0.25, -0.2) is 18.9 Å². The van der Waals surface area contributed by atoms with E-state index in [9.17, 15) is 4.39 Å². The summed E-state index contributed by atoms with van der Waals surface area (Å²) in [7, 11) is 0. The van der Waals surface area contributed by atoms with Crippen LogP contribution in [-0.2, 0) is 0 Å². The summed E-state index contributed by atoms with van der Waals surface area (Å²) in [6, 6.07) is 23.4. The van der Waals surface area contributed by atoms with Crippen LogP contribution in [-0.4, -0.2) is 19.6 Å². The Labute approximate surface area is 171 Å². The number of rotatable bonds is 3. The second-order valence-electron chi connectivity index (χ2n) is 6.51. The van der Waals surface area contributed by atoms with Gasteiger partial charge in [0.05, 0.1) is 16.8 Å². The fraction of sp³-hybridized carbons (Fsp3) is 0. The third-order valence-corrected chi connectivity index (χ3v) is 4.96. The first-order valence-electron chi connectivity index (χ1n) is 9.03. The van der Waals surface area contributed by atoms with Crippen LogP contribution in [0.1, 0.15) is 0 Å². The number of fused-ring (bicyclic) bond motifs is 1. The molecule has 0 radical (unpaired) electrons. The smallest absolute Gasteiger partial charge is 0.159 e. The SMILES string of the molecule is Fc1ccc(-c2nn3c(Cl)cccc3c2-c2ccnc(-c3ccccc3)n2)cc1. The maximum absolute atomic E-state index is 13.5. The Hall–Kier alpha value is -3.57. The Kier molecular flexibility index (Phi) is 4.30. The van der Waals surface area contributed by atoms with Gasteiger partial charge < -0.3 is 0 Å². The Morgan fingerprint density at radius 2 is 1.59 bits per heavy atom. The zero-order chi connectivity index (χ0) is 19.8. The van der Waals surface area contributed by atoms with E-state index in [2.05, 4.69) is 4.98 Å². The first-order chi connectivity index (χ1) is 14.2. The second-order valence-corrected chi connectivity index (χ2v) is 6.89. The molecular weight excluding hydrogens is 387 g/mol. The van der Waals surface area contributed by atoms with Crippen LogP contribution in [0.2, 0.25) is 5.15 Å².